The van der Waals surface area contributed by atoms with Crippen molar-refractivity contribution in [3.8, 4) is 0 Å². The molecule has 0 saturated carbocycles. The van der Waals surface area contributed by atoms with Gasteiger partial charge in [-0.15, -0.1) is 0 Å². The molecule has 4 aromatic rings. The SMILES string of the molecule is O=C(NC(=NCCC[C@@H](NC(=O)OCc1ccccc1)C(=O)NCc1ccccc1)NC(=O)OCc1ccccc1)OCc1ccccc1. The van der Waals surface area contributed by atoms with Gasteiger partial charge in [-0.2, -0.15) is 0 Å². The normalized spacial score (nSPS) is 10.9. The fraction of sp³-hybridized carbons (Fsp3) is 0.216. The van der Waals surface area contributed by atoms with Gasteiger partial charge in [-0.05, 0) is 35.1 Å². The first-order valence-electron chi connectivity index (χ1n) is 15.7. The Hall–Kier alpha value is -6.17. The quantitative estimate of drug-likeness (QED) is 0.0592. The Morgan fingerprint density at radius 1 is 0.551 bits per heavy atom. The topological polar surface area (TPSA) is 156 Å². The molecule has 0 heterocycles. The lowest BCUT2D eigenvalue weighted by Gasteiger charge is -2.18. The molecule has 4 rings (SSSR count). The number of amides is 4. The van der Waals surface area contributed by atoms with Crippen LogP contribution < -0.4 is 21.3 Å². The van der Waals surface area contributed by atoms with E-state index in [9.17, 15) is 19.2 Å². The van der Waals surface area contributed by atoms with Crippen LogP contribution in [0.1, 0.15) is 35.1 Å². The van der Waals surface area contributed by atoms with Gasteiger partial charge in [0.15, 0.2) is 0 Å². The van der Waals surface area contributed by atoms with Crippen LogP contribution in [0.15, 0.2) is 126 Å². The smallest absolute Gasteiger partial charge is 0.414 e. The summed E-state index contributed by atoms with van der Waals surface area (Å²) in [6.45, 7) is 0.380. The highest BCUT2D eigenvalue weighted by molar-refractivity contribution is 6.01. The van der Waals surface area contributed by atoms with Crippen LogP contribution in [0.2, 0.25) is 0 Å². The zero-order valence-electron chi connectivity index (χ0n) is 26.9. The van der Waals surface area contributed by atoms with Gasteiger partial charge in [0.1, 0.15) is 25.9 Å². The number of hydrogen-bond acceptors (Lipinski definition) is 8. The number of hydrogen-bond donors (Lipinski definition) is 4. The molecule has 12 heteroatoms. The molecule has 0 aliphatic rings. The lowest BCUT2D eigenvalue weighted by atomic mass is 10.1. The van der Waals surface area contributed by atoms with Crippen molar-refractivity contribution in [3.63, 3.8) is 0 Å². The molecule has 0 bridgehead atoms. The fourth-order valence-electron chi connectivity index (χ4n) is 4.39. The number of ether oxygens (including phenoxy) is 3. The van der Waals surface area contributed by atoms with Gasteiger partial charge in [0.05, 0.1) is 0 Å². The number of aliphatic imine (C=N–C) groups is 1. The van der Waals surface area contributed by atoms with Crippen LogP contribution in [0.5, 0.6) is 0 Å². The Bertz CT molecular complexity index is 1580. The summed E-state index contributed by atoms with van der Waals surface area (Å²) in [5.74, 6) is -0.605. The second kappa shape index (κ2) is 20.1. The molecule has 1 atom stereocenters. The molecule has 4 amide bonds. The maximum Gasteiger partial charge on any atom is 0.414 e. The Labute approximate surface area is 284 Å². The fourth-order valence-corrected chi connectivity index (χ4v) is 4.39. The first-order valence-corrected chi connectivity index (χ1v) is 15.7. The van der Waals surface area contributed by atoms with Crippen LogP contribution >= 0.6 is 0 Å². The van der Waals surface area contributed by atoms with E-state index < -0.39 is 30.2 Å². The highest BCUT2D eigenvalue weighted by Crippen LogP contribution is 2.06. The second-order valence-electron chi connectivity index (χ2n) is 10.7. The van der Waals surface area contributed by atoms with Crippen LogP contribution in [-0.4, -0.2) is 42.7 Å². The average Bonchev–Trinajstić information content (AvgIpc) is 3.14. The number of guanidine groups is 1. The van der Waals surface area contributed by atoms with E-state index in [-0.39, 0.29) is 51.7 Å². The number of carbonyl (C=O) groups is 4. The minimum atomic E-state index is -0.946. The monoisotopic (exact) mass is 665 g/mol. The van der Waals surface area contributed by atoms with Gasteiger partial charge in [0, 0.05) is 13.1 Å². The van der Waals surface area contributed by atoms with Crippen molar-refractivity contribution in [2.24, 2.45) is 4.99 Å². The van der Waals surface area contributed by atoms with E-state index in [1.54, 1.807) is 24.3 Å². The third kappa shape index (κ3) is 14.0. The number of carbonyl (C=O) groups excluding carboxylic acids is 4. The Kier molecular flexibility index (Phi) is 14.7. The number of alkyl carbamates (subject to hydrolysis) is 3. The highest BCUT2D eigenvalue weighted by atomic mass is 16.6. The summed E-state index contributed by atoms with van der Waals surface area (Å²) in [4.78, 5) is 55.3. The van der Waals surface area contributed by atoms with E-state index >= 15 is 0 Å². The van der Waals surface area contributed by atoms with Gasteiger partial charge in [-0.3, -0.25) is 20.4 Å². The molecule has 12 nitrogen and oxygen atoms in total. The number of rotatable bonds is 14. The zero-order chi connectivity index (χ0) is 34.5. The van der Waals surface area contributed by atoms with E-state index in [1.807, 2.05) is 97.1 Å². The van der Waals surface area contributed by atoms with Gasteiger partial charge in [0.2, 0.25) is 11.9 Å². The maximum absolute atomic E-state index is 13.2. The minimum absolute atomic E-state index is 0.00419. The molecular weight excluding hydrogens is 626 g/mol. The maximum atomic E-state index is 13.2. The number of nitrogens with zero attached hydrogens (tertiary/aromatic N) is 1. The molecular formula is C37H39N5O7. The van der Waals surface area contributed by atoms with Crippen molar-refractivity contribution in [1.82, 2.24) is 21.3 Å². The van der Waals surface area contributed by atoms with E-state index in [2.05, 4.69) is 26.3 Å². The van der Waals surface area contributed by atoms with Crippen LogP contribution in [-0.2, 0) is 45.4 Å². The summed E-state index contributed by atoms with van der Waals surface area (Å²) < 4.78 is 15.9. The largest absolute Gasteiger partial charge is 0.445 e. The van der Waals surface area contributed by atoms with Crippen LogP contribution in [0.3, 0.4) is 0 Å². The molecule has 49 heavy (non-hydrogen) atoms. The van der Waals surface area contributed by atoms with Crippen molar-refractivity contribution in [1.29, 1.82) is 0 Å². The van der Waals surface area contributed by atoms with Crippen LogP contribution in [0.4, 0.5) is 14.4 Å². The lowest BCUT2D eigenvalue weighted by Crippen LogP contribution is -2.47. The molecule has 0 aromatic heterocycles. The van der Waals surface area contributed by atoms with E-state index in [1.165, 1.54) is 0 Å². The molecule has 0 unspecified atom stereocenters. The minimum Gasteiger partial charge on any atom is -0.445 e. The number of benzene rings is 4. The summed E-state index contributed by atoms with van der Waals surface area (Å²) in [6, 6.07) is 35.8. The zero-order valence-corrected chi connectivity index (χ0v) is 26.9. The summed E-state index contributed by atoms with van der Waals surface area (Å²) >= 11 is 0. The summed E-state index contributed by atoms with van der Waals surface area (Å²) in [7, 11) is 0. The second-order valence-corrected chi connectivity index (χ2v) is 10.7. The van der Waals surface area contributed by atoms with E-state index in [4.69, 9.17) is 14.2 Å². The van der Waals surface area contributed by atoms with Gasteiger partial charge in [0.25, 0.3) is 0 Å². The Morgan fingerprint density at radius 2 is 0.959 bits per heavy atom. The van der Waals surface area contributed by atoms with Crippen molar-refractivity contribution < 1.29 is 33.4 Å². The average molecular weight is 666 g/mol. The summed E-state index contributed by atoms with van der Waals surface area (Å²) in [6.07, 6.45) is -1.97. The highest BCUT2D eigenvalue weighted by Gasteiger charge is 2.21. The third-order valence-corrected chi connectivity index (χ3v) is 6.92. The molecule has 4 N–H and O–H groups in total. The summed E-state index contributed by atoms with van der Waals surface area (Å²) in [5, 5.41) is 10.4. The first kappa shape index (κ1) is 35.7. The molecule has 0 aliphatic carbocycles. The summed E-state index contributed by atoms with van der Waals surface area (Å²) in [5.41, 5.74) is 3.25. The standard InChI is InChI=1S/C37H39N5O7/c43-33(39-24-28-14-5-1-6-15-28)32(40-35(44)47-25-29-16-7-2-8-17-29)22-13-23-38-34(41-36(45)48-26-30-18-9-3-10-19-30)42-37(46)49-27-31-20-11-4-12-21-31/h1-12,14-21,32H,13,22-27H2,(H,39,43)(H,40,44)(H2,38,41,42,45,46)/t32-/m1/s1. The lowest BCUT2D eigenvalue weighted by molar-refractivity contribution is -0.123. The molecule has 0 fully saturated rings. The molecule has 0 aliphatic heterocycles. The van der Waals surface area contributed by atoms with Crippen LogP contribution in [0.25, 0.3) is 0 Å². The first-order chi connectivity index (χ1) is 23.9. The molecule has 0 spiro atoms. The number of nitrogens with one attached hydrogen (secondary N) is 4. The van der Waals surface area contributed by atoms with E-state index in [0.29, 0.717) is 0 Å². The van der Waals surface area contributed by atoms with Gasteiger partial charge in [-0.25, -0.2) is 14.4 Å². The van der Waals surface area contributed by atoms with Crippen molar-refractivity contribution >= 4 is 30.1 Å². The predicted molar refractivity (Wildman–Crippen MR) is 183 cm³/mol. The van der Waals surface area contributed by atoms with Gasteiger partial charge >= 0.3 is 18.3 Å². The van der Waals surface area contributed by atoms with E-state index in [0.717, 1.165) is 22.3 Å². The predicted octanol–water partition coefficient (Wildman–Crippen LogP) is 5.59. The molecule has 0 radical (unpaired) electrons. The van der Waals surface area contributed by atoms with Crippen molar-refractivity contribution in [3.05, 3.63) is 144 Å². The van der Waals surface area contributed by atoms with Gasteiger partial charge < -0.3 is 24.8 Å². The van der Waals surface area contributed by atoms with Crippen molar-refractivity contribution in [2.45, 2.75) is 45.2 Å². The molecule has 254 valence electrons. The third-order valence-electron chi connectivity index (χ3n) is 6.92. The Morgan fingerprint density at radius 3 is 1.41 bits per heavy atom. The van der Waals surface area contributed by atoms with Gasteiger partial charge in [-0.1, -0.05) is 121 Å². The van der Waals surface area contributed by atoms with Crippen molar-refractivity contribution in [2.75, 3.05) is 6.54 Å². The Balaban J connectivity index is 1.36. The van der Waals surface area contributed by atoms with Crippen LogP contribution in [0, 0.1) is 0 Å². The molecule has 0 saturated heterocycles. The molecule has 4 aromatic carbocycles.